The van der Waals surface area contributed by atoms with Gasteiger partial charge in [-0.05, 0) is 47.1 Å². The van der Waals surface area contributed by atoms with Crippen LogP contribution >= 0.6 is 15.9 Å². The van der Waals surface area contributed by atoms with Gasteiger partial charge in [-0.15, -0.1) is 5.10 Å². The zero-order valence-electron chi connectivity index (χ0n) is 16.7. The van der Waals surface area contributed by atoms with E-state index in [0.717, 1.165) is 15.9 Å². The molecule has 0 N–H and O–H groups in total. The second-order valence-electron chi connectivity index (χ2n) is 6.22. The van der Waals surface area contributed by atoms with Crippen LogP contribution < -0.4 is 14.2 Å². The topological polar surface area (TPSA) is 97.3 Å². The normalized spacial score (nSPS) is 10.8. The van der Waals surface area contributed by atoms with Gasteiger partial charge in [0.25, 0.3) is 5.89 Å². The Labute approximate surface area is 180 Å². The fraction of sp³-hybridized carbons (Fsp3) is 0.200. The van der Waals surface area contributed by atoms with E-state index in [1.807, 2.05) is 31.2 Å². The SMILES string of the molecule is COc1cc(-c2noc(-c3nnn(-c4ccccc4Br)c3C)n2)cc(OC)c1OC. The van der Waals surface area contributed by atoms with E-state index >= 15 is 0 Å². The van der Waals surface area contributed by atoms with Gasteiger partial charge in [0.15, 0.2) is 17.2 Å². The zero-order valence-corrected chi connectivity index (χ0v) is 18.3. The van der Waals surface area contributed by atoms with Gasteiger partial charge in [-0.1, -0.05) is 22.5 Å². The predicted octanol–water partition coefficient (Wildman–Crippen LogP) is 4.08. The number of para-hydroxylation sites is 1. The monoisotopic (exact) mass is 471 g/mol. The van der Waals surface area contributed by atoms with E-state index in [9.17, 15) is 0 Å². The van der Waals surface area contributed by atoms with Crippen molar-refractivity contribution < 1.29 is 18.7 Å². The van der Waals surface area contributed by atoms with Crippen LogP contribution in [0, 0.1) is 6.92 Å². The van der Waals surface area contributed by atoms with E-state index in [1.165, 1.54) is 0 Å². The highest BCUT2D eigenvalue weighted by molar-refractivity contribution is 9.10. The van der Waals surface area contributed by atoms with E-state index in [0.29, 0.717) is 34.3 Å². The molecule has 0 saturated carbocycles. The number of benzene rings is 2. The molecule has 0 amide bonds. The number of ether oxygens (including phenoxy) is 3. The molecule has 9 nitrogen and oxygen atoms in total. The molecule has 30 heavy (non-hydrogen) atoms. The third-order valence-corrected chi connectivity index (χ3v) is 5.20. The molecule has 0 aliphatic carbocycles. The highest BCUT2D eigenvalue weighted by atomic mass is 79.9. The Morgan fingerprint density at radius 2 is 1.70 bits per heavy atom. The van der Waals surface area contributed by atoms with Crippen molar-refractivity contribution in [3.63, 3.8) is 0 Å². The number of hydrogen-bond acceptors (Lipinski definition) is 8. The molecule has 4 rings (SSSR count). The van der Waals surface area contributed by atoms with Crippen molar-refractivity contribution in [3.8, 4) is 45.9 Å². The predicted molar refractivity (Wildman–Crippen MR) is 112 cm³/mol. The third kappa shape index (κ3) is 3.39. The van der Waals surface area contributed by atoms with Crippen LogP contribution in [-0.2, 0) is 0 Å². The van der Waals surface area contributed by atoms with Gasteiger partial charge in [-0.3, -0.25) is 0 Å². The second kappa shape index (κ2) is 8.15. The molecule has 4 aromatic rings. The van der Waals surface area contributed by atoms with Crippen LogP contribution in [0.4, 0.5) is 0 Å². The summed E-state index contributed by atoms with van der Waals surface area (Å²) in [4.78, 5) is 4.49. The molecule has 0 aliphatic heterocycles. The second-order valence-corrected chi connectivity index (χ2v) is 7.08. The van der Waals surface area contributed by atoms with Crippen molar-refractivity contribution >= 4 is 15.9 Å². The summed E-state index contributed by atoms with van der Waals surface area (Å²) in [5.41, 5.74) is 2.77. The van der Waals surface area contributed by atoms with Gasteiger partial charge in [0.1, 0.15) is 0 Å². The lowest BCUT2D eigenvalue weighted by Crippen LogP contribution is -2.00. The highest BCUT2D eigenvalue weighted by Crippen LogP contribution is 2.40. The Kier molecular flexibility index (Phi) is 5.40. The van der Waals surface area contributed by atoms with Crippen molar-refractivity contribution in [3.05, 3.63) is 46.6 Å². The van der Waals surface area contributed by atoms with Crippen molar-refractivity contribution in [2.24, 2.45) is 0 Å². The van der Waals surface area contributed by atoms with Gasteiger partial charge in [-0.2, -0.15) is 4.98 Å². The average Bonchev–Trinajstić information content (AvgIpc) is 3.40. The first-order chi connectivity index (χ1) is 14.6. The van der Waals surface area contributed by atoms with Gasteiger partial charge < -0.3 is 18.7 Å². The molecule has 0 spiro atoms. The molecule has 0 fully saturated rings. The molecule has 0 saturated heterocycles. The molecule has 0 unspecified atom stereocenters. The van der Waals surface area contributed by atoms with E-state index in [2.05, 4.69) is 36.4 Å². The lowest BCUT2D eigenvalue weighted by molar-refractivity contribution is 0.324. The summed E-state index contributed by atoms with van der Waals surface area (Å²) in [6.45, 7) is 1.89. The first-order valence-corrected chi connectivity index (χ1v) is 9.68. The molecular weight excluding hydrogens is 454 g/mol. The smallest absolute Gasteiger partial charge is 0.280 e. The lowest BCUT2D eigenvalue weighted by Gasteiger charge is -2.12. The zero-order chi connectivity index (χ0) is 21.3. The van der Waals surface area contributed by atoms with Crippen molar-refractivity contribution in [1.82, 2.24) is 25.1 Å². The number of hydrogen-bond donors (Lipinski definition) is 0. The van der Waals surface area contributed by atoms with E-state index in [1.54, 1.807) is 38.1 Å². The Hall–Kier alpha value is -3.40. The molecule has 154 valence electrons. The Morgan fingerprint density at radius 3 is 2.33 bits per heavy atom. The quantitative estimate of drug-likeness (QED) is 0.414. The maximum absolute atomic E-state index is 5.47. The van der Waals surface area contributed by atoms with Gasteiger partial charge in [0.2, 0.25) is 11.6 Å². The summed E-state index contributed by atoms with van der Waals surface area (Å²) in [7, 11) is 4.64. The standard InChI is InChI=1S/C20H18BrN5O4/c1-11-17(23-25-26(11)14-8-6-5-7-13(14)21)20-22-19(24-30-20)12-9-15(27-2)18(29-4)16(10-12)28-3/h5-10H,1-4H3. The summed E-state index contributed by atoms with van der Waals surface area (Å²) >= 11 is 3.53. The van der Waals surface area contributed by atoms with Crippen LogP contribution in [0.15, 0.2) is 45.4 Å². The van der Waals surface area contributed by atoms with Crippen molar-refractivity contribution in [1.29, 1.82) is 0 Å². The summed E-state index contributed by atoms with van der Waals surface area (Å²) in [5, 5.41) is 12.6. The Balaban J connectivity index is 1.74. The molecule has 2 aromatic heterocycles. The Bertz CT molecular complexity index is 1180. The number of halogens is 1. The maximum atomic E-state index is 5.47. The fourth-order valence-electron chi connectivity index (χ4n) is 3.03. The minimum Gasteiger partial charge on any atom is -0.493 e. The molecule has 2 heterocycles. The molecule has 10 heteroatoms. The summed E-state index contributed by atoms with van der Waals surface area (Å²) in [5.74, 6) is 2.09. The molecule has 0 radical (unpaired) electrons. The number of nitrogens with zero attached hydrogens (tertiary/aromatic N) is 5. The largest absolute Gasteiger partial charge is 0.493 e. The average molecular weight is 472 g/mol. The van der Waals surface area contributed by atoms with Crippen LogP contribution in [0.3, 0.4) is 0 Å². The summed E-state index contributed by atoms with van der Waals surface area (Å²) in [6.07, 6.45) is 0. The van der Waals surface area contributed by atoms with Crippen LogP contribution in [-0.4, -0.2) is 46.5 Å². The van der Waals surface area contributed by atoms with Crippen LogP contribution in [0.2, 0.25) is 0 Å². The van der Waals surface area contributed by atoms with Crippen LogP contribution in [0.1, 0.15) is 5.69 Å². The lowest BCUT2D eigenvalue weighted by atomic mass is 10.1. The molecule has 2 aromatic carbocycles. The van der Waals surface area contributed by atoms with Crippen molar-refractivity contribution in [2.45, 2.75) is 6.92 Å². The number of aromatic nitrogens is 5. The van der Waals surface area contributed by atoms with Gasteiger partial charge in [0.05, 0.1) is 32.7 Å². The van der Waals surface area contributed by atoms with Crippen molar-refractivity contribution in [2.75, 3.05) is 21.3 Å². The van der Waals surface area contributed by atoms with Crippen LogP contribution in [0.5, 0.6) is 17.2 Å². The minimum atomic E-state index is 0.259. The Morgan fingerprint density at radius 1 is 1.00 bits per heavy atom. The number of methoxy groups -OCH3 is 3. The molecule has 0 bridgehead atoms. The fourth-order valence-corrected chi connectivity index (χ4v) is 3.48. The van der Waals surface area contributed by atoms with Crippen LogP contribution in [0.25, 0.3) is 28.7 Å². The van der Waals surface area contributed by atoms with Gasteiger partial charge in [0, 0.05) is 10.0 Å². The first kappa shape index (κ1) is 19.9. The number of rotatable bonds is 6. The summed E-state index contributed by atoms with van der Waals surface area (Å²) in [6, 6.07) is 11.2. The maximum Gasteiger partial charge on any atom is 0.280 e. The van der Waals surface area contributed by atoms with E-state index < -0.39 is 0 Å². The molecule has 0 aliphatic rings. The van der Waals surface area contributed by atoms with Gasteiger partial charge in [-0.25, -0.2) is 4.68 Å². The highest BCUT2D eigenvalue weighted by Gasteiger charge is 2.21. The van der Waals surface area contributed by atoms with E-state index in [-0.39, 0.29) is 5.89 Å². The summed E-state index contributed by atoms with van der Waals surface area (Å²) < 4.78 is 24.2. The first-order valence-electron chi connectivity index (χ1n) is 8.89. The third-order valence-electron chi connectivity index (χ3n) is 4.53. The van der Waals surface area contributed by atoms with Gasteiger partial charge >= 0.3 is 0 Å². The van der Waals surface area contributed by atoms with E-state index in [4.69, 9.17) is 18.7 Å². The minimum absolute atomic E-state index is 0.259. The molecular formula is C20H18BrN5O4. The molecule has 0 atom stereocenters.